The lowest BCUT2D eigenvalue weighted by molar-refractivity contribution is 0.0945. The second-order valence-corrected chi connectivity index (χ2v) is 6.35. The number of para-hydroxylation sites is 1. The van der Waals surface area contributed by atoms with Gasteiger partial charge in [0.1, 0.15) is 5.75 Å². The van der Waals surface area contributed by atoms with Crippen LogP contribution in [0.3, 0.4) is 0 Å². The van der Waals surface area contributed by atoms with Gasteiger partial charge in [0.05, 0.1) is 17.2 Å². The molecular weight excluding hydrogens is 310 g/mol. The van der Waals surface area contributed by atoms with Gasteiger partial charge in [0.2, 0.25) is 0 Å². The standard InChI is InChI=1S/C17H15N3O2S/c21-17(14-8-13(19-20-14)16-6-3-7-23-16)18-9-11-10-22-15-5-2-1-4-12(11)15/h1-8,11H,9-10H2,(H,18,21)(H,19,20)/t11-/m0/s1. The number of nitrogens with one attached hydrogen (secondary N) is 2. The SMILES string of the molecule is O=C(NC[C@H]1COc2ccccc21)c1cc(-c2cccs2)[nH]n1. The van der Waals surface area contributed by atoms with Crippen LogP contribution in [0.25, 0.3) is 10.6 Å². The van der Waals surface area contributed by atoms with Crippen molar-refractivity contribution in [2.45, 2.75) is 5.92 Å². The average molecular weight is 325 g/mol. The van der Waals surface area contributed by atoms with Crippen LogP contribution in [0.4, 0.5) is 0 Å². The molecule has 3 heterocycles. The van der Waals surface area contributed by atoms with Crippen LogP contribution in [-0.4, -0.2) is 29.3 Å². The Balaban J connectivity index is 1.41. The second kappa shape index (κ2) is 5.89. The van der Waals surface area contributed by atoms with E-state index in [9.17, 15) is 4.79 Å². The van der Waals surface area contributed by atoms with Crippen LogP contribution in [0.5, 0.6) is 5.75 Å². The number of hydrogen-bond donors (Lipinski definition) is 2. The third-order valence-electron chi connectivity index (χ3n) is 3.91. The number of rotatable bonds is 4. The van der Waals surface area contributed by atoms with E-state index in [0.717, 1.165) is 21.9 Å². The lowest BCUT2D eigenvalue weighted by atomic mass is 10.0. The van der Waals surface area contributed by atoms with Gasteiger partial charge in [-0.3, -0.25) is 9.89 Å². The molecular formula is C17H15N3O2S. The topological polar surface area (TPSA) is 67.0 Å². The highest BCUT2D eigenvalue weighted by Crippen LogP contribution is 2.32. The van der Waals surface area contributed by atoms with Gasteiger partial charge < -0.3 is 10.1 Å². The van der Waals surface area contributed by atoms with Crippen molar-refractivity contribution in [3.05, 3.63) is 59.1 Å². The number of hydrogen-bond acceptors (Lipinski definition) is 4. The molecule has 6 heteroatoms. The van der Waals surface area contributed by atoms with E-state index >= 15 is 0 Å². The van der Waals surface area contributed by atoms with Gasteiger partial charge in [-0.2, -0.15) is 5.10 Å². The largest absolute Gasteiger partial charge is 0.493 e. The molecule has 23 heavy (non-hydrogen) atoms. The van der Waals surface area contributed by atoms with Gasteiger partial charge >= 0.3 is 0 Å². The van der Waals surface area contributed by atoms with Crippen molar-refractivity contribution in [3.8, 4) is 16.3 Å². The summed E-state index contributed by atoms with van der Waals surface area (Å²) in [6, 6.07) is 13.7. The highest BCUT2D eigenvalue weighted by atomic mass is 32.1. The minimum atomic E-state index is -0.173. The van der Waals surface area contributed by atoms with Crippen LogP contribution in [0.2, 0.25) is 0 Å². The first-order chi connectivity index (χ1) is 11.3. The van der Waals surface area contributed by atoms with Gasteiger partial charge in [0.15, 0.2) is 5.69 Å². The molecule has 2 N–H and O–H groups in total. The molecule has 0 saturated heterocycles. The number of ether oxygens (including phenoxy) is 1. The average Bonchev–Trinajstić information content (AvgIpc) is 3.31. The number of carbonyl (C=O) groups is 1. The molecule has 0 bridgehead atoms. The fourth-order valence-corrected chi connectivity index (χ4v) is 3.39. The summed E-state index contributed by atoms with van der Waals surface area (Å²) < 4.78 is 5.63. The molecule has 0 unspecified atom stereocenters. The summed E-state index contributed by atoms with van der Waals surface area (Å²) in [4.78, 5) is 13.3. The summed E-state index contributed by atoms with van der Waals surface area (Å²) in [6.45, 7) is 1.14. The molecule has 1 aromatic carbocycles. The first-order valence-electron chi connectivity index (χ1n) is 7.40. The molecule has 4 rings (SSSR count). The number of aromatic nitrogens is 2. The Morgan fingerprint density at radius 3 is 3.13 bits per heavy atom. The summed E-state index contributed by atoms with van der Waals surface area (Å²) in [7, 11) is 0. The van der Waals surface area contributed by atoms with E-state index in [2.05, 4.69) is 15.5 Å². The molecule has 0 aliphatic carbocycles. The Labute approximate surface area is 137 Å². The predicted octanol–water partition coefficient (Wildman–Crippen LogP) is 3.04. The molecule has 0 spiro atoms. The second-order valence-electron chi connectivity index (χ2n) is 5.40. The van der Waals surface area contributed by atoms with E-state index in [0.29, 0.717) is 18.8 Å². The quantitative estimate of drug-likeness (QED) is 0.775. The van der Waals surface area contributed by atoms with Crippen LogP contribution in [-0.2, 0) is 0 Å². The van der Waals surface area contributed by atoms with Gasteiger partial charge in [-0.05, 0) is 23.6 Å². The Kier molecular flexibility index (Phi) is 3.59. The van der Waals surface area contributed by atoms with E-state index in [1.54, 1.807) is 17.4 Å². The first-order valence-corrected chi connectivity index (χ1v) is 8.28. The van der Waals surface area contributed by atoms with Crippen molar-refractivity contribution in [1.82, 2.24) is 15.5 Å². The van der Waals surface area contributed by atoms with Gasteiger partial charge in [0.25, 0.3) is 5.91 Å². The Bertz CT molecular complexity index is 826. The lowest BCUT2D eigenvalue weighted by Crippen LogP contribution is -2.29. The third kappa shape index (κ3) is 2.73. The fraction of sp³-hybridized carbons (Fsp3) is 0.176. The summed E-state index contributed by atoms with van der Waals surface area (Å²) in [5.41, 5.74) is 2.41. The summed E-state index contributed by atoms with van der Waals surface area (Å²) >= 11 is 1.61. The van der Waals surface area contributed by atoms with Crippen LogP contribution in [0.15, 0.2) is 47.8 Å². The van der Waals surface area contributed by atoms with Crippen LogP contribution < -0.4 is 10.1 Å². The predicted molar refractivity (Wildman–Crippen MR) is 88.9 cm³/mol. The van der Waals surface area contributed by atoms with Gasteiger partial charge in [-0.25, -0.2) is 0 Å². The van der Waals surface area contributed by atoms with E-state index in [1.807, 2.05) is 41.8 Å². The van der Waals surface area contributed by atoms with Crippen molar-refractivity contribution in [2.75, 3.05) is 13.2 Å². The Hall–Kier alpha value is -2.60. The fourth-order valence-electron chi connectivity index (χ4n) is 2.70. The molecule has 3 aromatic rings. The third-order valence-corrected chi connectivity index (χ3v) is 4.81. The number of amides is 1. The molecule has 1 amide bonds. The molecule has 1 aliphatic heterocycles. The number of nitrogens with zero attached hydrogens (tertiary/aromatic N) is 1. The highest BCUT2D eigenvalue weighted by molar-refractivity contribution is 7.13. The number of thiophene rings is 1. The van der Waals surface area contributed by atoms with Crippen molar-refractivity contribution >= 4 is 17.2 Å². The zero-order chi connectivity index (χ0) is 15.6. The minimum Gasteiger partial charge on any atom is -0.493 e. The maximum absolute atomic E-state index is 12.3. The zero-order valence-electron chi connectivity index (χ0n) is 12.3. The number of H-pyrrole nitrogens is 1. The molecule has 0 saturated carbocycles. The number of benzene rings is 1. The Morgan fingerprint density at radius 2 is 2.26 bits per heavy atom. The summed E-state index contributed by atoms with van der Waals surface area (Å²) in [5.74, 6) is 0.922. The van der Waals surface area contributed by atoms with Crippen molar-refractivity contribution < 1.29 is 9.53 Å². The lowest BCUT2D eigenvalue weighted by Gasteiger charge is -2.09. The smallest absolute Gasteiger partial charge is 0.271 e. The molecule has 0 radical (unpaired) electrons. The van der Waals surface area contributed by atoms with Crippen LogP contribution in [0, 0.1) is 0 Å². The maximum Gasteiger partial charge on any atom is 0.271 e. The summed E-state index contributed by atoms with van der Waals surface area (Å²) in [5, 5.41) is 11.9. The van der Waals surface area contributed by atoms with Crippen molar-refractivity contribution in [1.29, 1.82) is 0 Å². The minimum absolute atomic E-state index is 0.173. The van der Waals surface area contributed by atoms with Crippen molar-refractivity contribution in [2.24, 2.45) is 0 Å². The molecule has 2 aromatic heterocycles. The molecule has 1 aliphatic rings. The first kappa shape index (κ1) is 14.0. The van der Waals surface area contributed by atoms with Gasteiger partial charge in [-0.15, -0.1) is 11.3 Å². The number of carbonyl (C=O) groups excluding carboxylic acids is 1. The molecule has 116 valence electrons. The molecule has 5 nitrogen and oxygen atoms in total. The molecule has 1 atom stereocenters. The monoisotopic (exact) mass is 325 g/mol. The zero-order valence-corrected chi connectivity index (χ0v) is 13.1. The van der Waals surface area contributed by atoms with E-state index in [4.69, 9.17) is 4.74 Å². The van der Waals surface area contributed by atoms with E-state index in [1.165, 1.54) is 0 Å². The van der Waals surface area contributed by atoms with Crippen molar-refractivity contribution in [3.63, 3.8) is 0 Å². The van der Waals surface area contributed by atoms with Gasteiger partial charge in [-0.1, -0.05) is 24.3 Å². The van der Waals surface area contributed by atoms with E-state index in [-0.39, 0.29) is 11.8 Å². The summed E-state index contributed by atoms with van der Waals surface area (Å²) in [6.07, 6.45) is 0. The maximum atomic E-state index is 12.3. The van der Waals surface area contributed by atoms with E-state index < -0.39 is 0 Å². The number of fused-ring (bicyclic) bond motifs is 1. The highest BCUT2D eigenvalue weighted by Gasteiger charge is 2.24. The van der Waals surface area contributed by atoms with Gasteiger partial charge in [0, 0.05) is 18.0 Å². The normalized spacial score (nSPS) is 15.9. The van der Waals surface area contributed by atoms with Crippen LogP contribution >= 0.6 is 11.3 Å². The molecule has 0 fully saturated rings. The van der Waals surface area contributed by atoms with Crippen LogP contribution in [0.1, 0.15) is 22.0 Å². The Morgan fingerprint density at radius 1 is 1.35 bits per heavy atom. The number of aromatic amines is 1.